The quantitative estimate of drug-likeness (QED) is 0.710. The topological polar surface area (TPSA) is 9.72 Å². The molecular formula is C13H15N3. The van der Waals surface area contributed by atoms with Crippen molar-refractivity contribution in [1.82, 2.24) is 4.90 Å². The smallest absolute Gasteiger partial charge is 0.188 e. The van der Waals surface area contributed by atoms with Crippen molar-refractivity contribution < 1.29 is 0 Å². The average Bonchev–Trinajstić information content (AvgIpc) is 2.76. The highest BCUT2D eigenvalue weighted by molar-refractivity contribution is 5.80. The predicted octanol–water partition coefficient (Wildman–Crippen LogP) is 2.55. The van der Waals surface area contributed by atoms with Crippen molar-refractivity contribution in [3.05, 3.63) is 48.9 Å². The second kappa shape index (κ2) is 3.04. The van der Waals surface area contributed by atoms with E-state index in [1.165, 1.54) is 17.1 Å². The van der Waals surface area contributed by atoms with E-state index in [4.69, 9.17) is 0 Å². The second-order valence-electron chi connectivity index (χ2n) is 4.21. The van der Waals surface area contributed by atoms with Gasteiger partial charge in [-0.3, -0.25) is 0 Å². The molecule has 1 aromatic rings. The Morgan fingerprint density at radius 2 is 1.94 bits per heavy atom. The molecule has 0 saturated carbocycles. The fraction of sp³-hybridized carbons (Fsp3) is 0.231. The molecular weight excluding hydrogens is 198 g/mol. The van der Waals surface area contributed by atoms with Crippen molar-refractivity contribution in [3.8, 4) is 0 Å². The Morgan fingerprint density at radius 1 is 1.25 bits per heavy atom. The number of benzene rings is 1. The third kappa shape index (κ3) is 0.975. The summed E-state index contributed by atoms with van der Waals surface area (Å²) in [6.45, 7) is 6.04. The molecule has 16 heavy (non-hydrogen) atoms. The number of nitrogens with zero attached hydrogens (tertiary/aromatic N) is 3. The number of para-hydroxylation sites is 2. The highest BCUT2D eigenvalue weighted by Gasteiger charge is 2.40. The number of rotatable bonds is 1. The predicted molar refractivity (Wildman–Crippen MR) is 66.9 cm³/mol. The monoisotopic (exact) mass is 213 g/mol. The molecule has 82 valence electrons. The van der Waals surface area contributed by atoms with Crippen LogP contribution in [0.1, 0.15) is 6.92 Å². The third-order valence-corrected chi connectivity index (χ3v) is 3.36. The van der Waals surface area contributed by atoms with Gasteiger partial charge in [-0.1, -0.05) is 18.7 Å². The number of fused-ring (bicyclic) bond motifs is 3. The van der Waals surface area contributed by atoms with Crippen LogP contribution < -0.4 is 9.80 Å². The average molecular weight is 213 g/mol. The van der Waals surface area contributed by atoms with Gasteiger partial charge in [0.15, 0.2) is 6.29 Å². The first-order valence-electron chi connectivity index (χ1n) is 5.43. The van der Waals surface area contributed by atoms with Gasteiger partial charge >= 0.3 is 0 Å². The number of hydrogen-bond donors (Lipinski definition) is 0. The molecule has 1 unspecified atom stereocenters. The summed E-state index contributed by atoms with van der Waals surface area (Å²) in [5, 5.41) is 0. The van der Waals surface area contributed by atoms with E-state index in [-0.39, 0.29) is 6.29 Å². The summed E-state index contributed by atoms with van der Waals surface area (Å²) >= 11 is 0. The molecule has 2 aliphatic heterocycles. The lowest BCUT2D eigenvalue weighted by Gasteiger charge is -2.31. The number of hydrogen-bond acceptors (Lipinski definition) is 3. The SMILES string of the molecule is C=CN1c2ccccc2N2C=C(C)N(C)C12. The van der Waals surface area contributed by atoms with Crippen LogP contribution in [-0.2, 0) is 0 Å². The number of allylic oxidation sites excluding steroid dienone is 1. The van der Waals surface area contributed by atoms with Gasteiger partial charge in [0.05, 0.1) is 11.4 Å². The van der Waals surface area contributed by atoms with Crippen LogP contribution >= 0.6 is 0 Å². The van der Waals surface area contributed by atoms with Gasteiger partial charge in [0, 0.05) is 25.1 Å². The summed E-state index contributed by atoms with van der Waals surface area (Å²) < 4.78 is 0. The molecule has 2 heterocycles. The van der Waals surface area contributed by atoms with Gasteiger partial charge in [-0.05, 0) is 19.1 Å². The van der Waals surface area contributed by atoms with E-state index in [1.54, 1.807) is 0 Å². The Labute approximate surface area is 95.9 Å². The van der Waals surface area contributed by atoms with E-state index in [9.17, 15) is 0 Å². The Hall–Kier alpha value is -1.90. The molecule has 0 spiro atoms. The van der Waals surface area contributed by atoms with Crippen LogP contribution in [0.5, 0.6) is 0 Å². The Morgan fingerprint density at radius 3 is 2.62 bits per heavy atom. The largest absolute Gasteiger partial charge is 0.339 e. The molecule has 0 bridgehead atoms. The Kier molecular flexibility index (Phi) is 1.78. The van der Waals surface area contributed by atoms with Crippen LogP contribution in [0.4, 0.5) is 11.4 Å². The summed E-state index contributed by atoms with van der Waals surface area (Å²) in [6, 6.07) is 8.42. The molecule has 0 aromatic heterocycles. The second-order valence-corrected chi connectivity index (χ2v) is 4.21. The molecule has 3 rings (SSSR count). The molecule has 0 saturated heterocycles. The maximum atomic E-state index is 3.91. The van der Waals surface area contributed by atoms with Gasteiger partial charge in [-0.15, -0.1) is 0 Å². The van der Waals surface area contributed by atoms with E-state index in [0.717, 1.165) is 0 Å². The zero-order valence-corrected chi connectivity index (χ0v) is 9.59. The van der Waals surface area contributed by atoms with Crippen molar-refractivity contribution in [2.75, 3.05) is 16.8 Å². The molecule has 1 aromatic carbocycles. The van der Waals surface area contributed by atoms with Crippen molar-refractivity contribution in [2.24, 2.45) is 0 Å². The summed E-state index contributed by atoms with van der Waals surface area (Å²) in [4.78, 5) is 6.73. The van der Waals surface area contributed by atoms with Crippen LogP contribution in [0.3, 0.4) is 0 Å². The molecule has 1 atom stereocenters. The molecule has 2 aliphatic rings. The van der Waals surface area contributed by atoms with Gasteiger partial charge in [-0.25, -0.2) is 0 Å². The fourth-order valence-corrected chi connectivity index (χ4v) is 2.46. The van der Waals surface area contributed by atoms with E-state index < -0.39 is 0 Å². The minimum Gasteiger partial charge on any atom is -0.339 e. The maximum Gasteiger partial charge on any atom is 0.188 e. The van der Waals surface area contributed by atoms with Gasteiger partial charge in [0.2, 0.25) is 0 Å². The summed E-state index contributed by atoms with van der Waals surface area (Å²) in [5.74, 6) is 0. The van der Waals surface area contributed by atoms with E-state index in [2.05, 4.69) is 65.7 Å². The van der Waals surface area contributed by atoms with Crippen LogP contribution in [0.25, 0.3) is 0 Å². The van der Waals surface area contributed by atoms with Gasteiger partial charge in [0.25, 0.3) is 0 Å². The molecule has 0 radical (unpaired) electrons. The van der Waals surface area contributed by atoms with Crippen molar-refractivity contribution >= 4 is 11.4 Å². The third-order valence-electron chi connectivity index (χ3n) is 3.36. The first kappa shape index (κ1) is 9.33. The molecule has 0 N–H and O–H groups in total. The summed E-state index contributed by atoms with van der Waals surface area (Å²) in [5.41, 5.74) is 3.74. The normalized spacial score (nSPS) is 22.0. The van der Waals surface area contributed by atoms with Crippen molar-refractivity contribution in [2.45, 2.75) is 13.2 Å². The zero-order valence-electron chi connectivity index (χ0n) is 9.59. The molecule has 0 aliphatic carbocycles. The minimum absolute atomic E-state index is 0.217. The lowest BCUT2D eigenvalue weighted by molar-refractivity contribution is 0.347. The first-order chi connectivity index (χ1) is 7.74. The van der Waals surface area contributed by atoms with E-state index in [1.807, 2.05) is 6.20 Å². The summed E-state index contributed by atoms with van der Waals surface area (Å²) in [6.07, 6.45) is 4.30. The lowest BCUT2D eigenvalue weighted by atomic mass is 10.2. The molecule has 0 amide bonds. The van der Waals surface area contributed by atoms with Gasteiger partial charge in [0.1, 0.15) is 0 Å². The van der Waals surface area contributed by atoms with Gasteiger partial charge < -0.3 is 14.7 Å². The van der Waals surface area contributed by atoms with Crippen molar-refractivity contribution in [1.29, 1.82) is 0 Å². The molecule has 3 nitrogen and oxygen atoms in total. The van der Waals surface area contributed by atoms with E-state index >= 15 is 0 Å². The van der Waals surface area contributed by atoms with Crippen LogP contribution in [0.2, 0.25) is 0 Å². The summed E-state index contributed by atoms with van der Waals surface area (Å²) in [7, 11) is 2.11. The van der Waals surface area contributed by atoms with Crippen LogP contribution in [0.15, 0.2) is 48.9 Å². The van der Waals surface area contributed by atoms with Crippen LogP contribution in [0, 0.1) is 0 Å². The fourth-order valence-electron chi connectivity index (χ4n) is 2.46. The van der Waals surface area contributed by atoms with E-state index in [0.29, 0.717) is 0 Å². The Bertz CT molecular complexity index is 478. The Balaban J connectivity index is 2.16. The molecule has 3 heteroatoms. The van der Waals surface area contributed by atoms with Crippen molar-refractivity contribution in [3.63, 3.8) is 0 Å². The minimum atomic E-state index is 0.217. The maximum absolute atomic E-state index is 3.91. The van der Waals surface area contributed by atoms with Gasteiger partial charge in [-0.2, -0.15) is 0 Å². The highest BCUT2D eigenvalue weighted by Crippen LogP contribution is 2.44. The molecule has 0 fully saturated rings. The number of anilines is 2. The lowest BCUT2D eigenvalue weighted by Crippen LogP contribution is -2.44. The standard InChI is InChI=1S/C13H15N3/c1-4-15-11-7-5-6-8-12(11)16-9-10(2)14(3)13(15)16/h4-9,13H,1H2,2-3H3. The highest BCUT2D eigenvalue weighted by atomic mass is 15.6. The zero-order chi connectivity index (χ0) is 11.3. The van der Waals surface area contributed by atoms with Crippen LogP contribution in [-0.4, -0.2) is 18.2 Å². The first-order valence-corrected chi connectivity index (χ1v) is 5.43.